The standard InChI is InChI=1S/C46H86NO10P/c1-3-5-7-9-11-13-15-17-19-20-21-22-24-25-27-29-31-33-35-37-44(48)54-39-42(40-55-58(52,53)56-41-43(47)46(50)51)57-45(49)38-36-34-32-30-28-26-23-18-16-14-12-10-8-6-4-2/h10,12,17,19,42-43H,3-9,11,13-16,18,20-41,47H2,1-2H3,(H,50,51)(H,52,53)/b12-10+,19-17+/t42-,43+/m1/s1. The van der Waals surface area contributed by atoms with Crippen molar-refractivity contribution in [2.75, 3.05) is 19.8 Å². The number of carbonyl (C=O) groups excluding carboxylic acids is 2. The van der Waals surface area contributed by atoms with Crippen LogP contribution in [0.25, 0.3) is 0 Å². The van der Waals surface area contributed by atoms with Gasteiger partial charge in [-0.2, -0.15) is 0 Å². The second-order valence-corrected chi connectivity index (χ2v) is 17.3. The summed E-state index contributed by atoms with van der Waals surface area (Å²) >= 11 is 0. The van der Waals surface area contributed by atoms with Crippen molar-refractivity contribution in [2.45, 2.75) is 231 Å². The van der Waals surface area contributed by atoms with Gasteiger partial charge in [0.15, 0.2) is 6.10 Å². The zero-order valence-electron chi connectivity index (χ0n) is 36.9. The first kappa shape index (κ1) is 56.0. The molecular weight excluding hydrogens is 757 g/mol. The molecule has 0 saturated carbocycles. The highest BCUT2D eigenvalue weighted by Gasteiger charge is 2.28. The van der Waals surface area contributed by atoms with Gasteiger partial charge in [0.1, 0.15) is 12.6 Å². The van der Waals surface area contributed by atoms with Crippen LogP contribution >= 0.6 is 7.82 Å². The van der Waals surface area contributed by atoms with Crippen molar-refractivity contribution >= 4 is 25.7 Å². The molecule has 0 heterocycles. The second-order valence-electron chi connectivity index (χ2n) is 15.9. The Morgan fingerprint density at radius 1 is 0.517 bits per heavy atom. The number of hydrogen-bond acceptors (Lipinski definition) is 9. The minimum absolute atomic E-state index is 0.160. The number of ether oxygens (including phenoxy) is 2. The molecule has 0 fully saturated rings. The lowest BCUT2D eigenvalue weighted by Gasteiger charge is -2.20. The molecule has 0 aromatic rings. The zero-order chi connectivity index (χ0) is 42.8. The lowest BCUT2D eigenvalue weighted by Crippen LogP contribution is -2.34. The lowest BCUT2D eigenvalue weighted by atomic mass is 10.1. The highest BCUT2D eigenvalue weighted by Crippen LogP contribution is 2.43. The van der Waals surface area contributed by atoms with Gasteiger partial charge in [0.2, 0.25) is 0 Å². The molecule has 0 radical (unpaired) electrons. The zero-order valence-corrected chi connectivity index (χ0v) is 37.8. The lowest BCUT2D eigenvalue weighted by molar-refractivity contribution is -0.161. The number of nitrogens with two attached hydrogens (primary N) is 1. The maximum absolute atomic E-state index is 12.6. The Morgan fingerprint density at radius 2 is 0.879 bits per heavy atom. The number of allylic oxidation sites excluding steroid dienone is 4. The summed E-state index contributed by atoms with van der Waals surface area (Å²) in [6.07, 6.45) is 43.8. The summed E-state index contributed by atoms with van der Waals surface area (Å²) in [5, 5.41) is 8.90. The van der Waals surface area contributed by atoms with E-state index in [-0.39, 0.29) is 19.4 Å². The van der Waals surface area contributed by atoms with Crippen LogP contribution in [-0.4, -0.2) is 59.9 Å². The number of carboxylic acids is 1. The molecule has 58 heavy (non-hydrogen) atoms. The predicted molar refractivity (Wildman–Crippen MR) is 236 cm³/mol. The van der Waals surface area contributed by atoms with Crippen LogP contribution in [0.1, 0.15) is 219 Å². The van der Waals surface area contributed by atoms with Gasteiger partial charge in [-0.15, -0.1) is 0 Å². The van der Waals surface area contributed by atoms with Gasteiger partial charge >= 0.3 is 25.7 Å². The van der Waals surface area contributed by atoms with Crippen LogP contribution in [-0.2, 0) is 37.5 Å². The molecular formula is C46H86NO10P. The molecule has 0 bridgehead atoms. The molecule has 340 valence electrons. The van der Waals surface area contributed by atoms with E-state index in [2.05, 4.69) is 42.7 Å². The summed E-state index contributed by atoms with van der Waals surface area (Å²) in [4.78, 5) is 46.0. The van der Waals surface area contributed by atoms with Crippen molar-refractivity contribution in [3.05, 3.63) is 24.3 Å². The van der Waals surface area contributed by atoms with Gasteiger partial charge < -0.3 is 25.2 Å². The van der Waals surface area contributed by atoms with Crippen LogP contribution in [0.4, 0.5) is 0 Å². The summed E-state index contributed by atoms with van der Waals surface area (Å²) < 4.78 is 32.8. The average Bonchev–Trinajstić information content (AvgIpc) is 3.20. The molecule has 0 saturated heterocycles. The van der Waals surface area contributed by atoms with Gasteiger partial charge in [0.25, 0.3) is 0 Å². The summed E-state index contributed by atoms with van der Waals surface area (Å²) in [5.41, 5.74) is 5.34. The minimum Gasteiger partial charge on any atom is -0.480 e. The van der Waals surface area contributed by atoms with Crippen LogP contribution in [0.5, 0.6) is 0 Å². The molecule has 4 N–H and O–H groups in total. The van der Waals surface area contributed by atoms with Gasteiger partial charge in [-0.1, -0.05) is 173 Å². The Bertz CT molecular complexity index is 1080. The molecule has 0 rings (SSSR count). The van der Waals surface area contributed by atoms with Gasteiger partial charge in [-0.25, -0.2) is 4.57 Å². The van der Waals surface area contributed by atoms with E-state index in [1.807, 2.05) is 0 Å². The van der Waals surface area contributed by atoms with Crippen molar-refractivity contribution in [1.82, 2.24) is 0 Å². The third kappa shape index (κ3) is 40.7. The fourth-order valence-electron chi connectivity index (χ4n) is 6.45. The number of carbonyl (C=O) groups is 3. The highest BCUT2D eigenvalue weighted by atomic mass is 31.2. The quantitative estimate of drug-likeness (QED) is 0.0231. The molecule has 0 amide bonds. The summed E-state index contributed by atoms with van der Waals surface area (Å²) in [5.74, 6) is -2.37. The third-order valence-corrected chi connectivity index (χ3v) is 11.1. The summed E-state index contributed by atoms with van der Waals surface area (Å²) in [6, 6.07) is -1.52. The monoisotopic (exact) mass is 844 g/mol. The van der Waals surface area contributed by atoms with E-state index in [0.29, 0.717) is 12.8 Å². The number of carboxylic acid groups (broad SMARTS) is 1. The van der Waals surface area contributed by atoms with Crippen LogP contribution < -0.4 is 5.73 Å². The normalized spacial score (nSPS) is 13.9. The Kier molecular flexibility index (Phi) is 40.2. The van der Waals surface area contributed by atoms with E-state index >= 15 is 0 Å². The van der Waals surface area contributed by atoms with Crippen LogP contribution in [0.2, 0.25) is 0 Å². The van der Waals surface area contributed by atoms with Crippen molar-refractivity contribution in [2.24, 2.45) is 5.73 Å². The van der Waals surface area contributed by atoms with Crippen molar-refractivity contribution in [3.8, 4) is 0 Å². The average molecular weight is 844 g/mol. The molecule has 0 aromatic heterocycles. The fraction of sp³-hybridized carbons (Fsp3) is 0.848. The molecule has 3 atom stereocenters. The van der Waals surface area contributed by atoms with E-state index in [0.717, 1.165) is 38.5 Å². The SMILES string of the molecule is CCCC/C=C/CCCCCCCCCCCC(=O)O[C@H](COC(=O)CCCCCCCCCCC/C=C/CCCCCCCC)COP(=O)(O)OC[C@H](N)C(=O)O. The van der Waals surface area contributed by atoms with Gasteiger partial charge in [-0.3, -0.25) is 23.4 Å². The maximum Gasteiger partial charge on any atom is 0.472 e. The van der Waals surface area contributed by atoms with Crippen molar-refractivity contribution in [1.29, 1.82) is 0 Å². The molecule has 0 aliphatic heterocycles. The summed E-state index contributed by atoms with van der Waals surface area (Å²) in [7, 11) is -4.72. The smallest absolute Gasteiger partial charge is 0.472 e. The second kappa shape index (κ2) is 41.7. The molecule has 0 spiro atoms. The van der Waals surface area contributed by atoms with Gasteiger partial charge in [-0.05, 0) is 57.8 Å². The molecule has 12 heteroatoms. The fourth-order valence-corrected chi connectivity index (χ4v) is 7.23. The van der Waals surface area contributed by atoms with Crippen LogP contribution in [0.15, 0.2) is 24.3 Å². The number of phosphoric ester groups is 1. The van der Waals surface area contributed by atoms with E-state index in [1.165, 1.54) is 141 Å². The third-order valence-electron chi connectivity index (χ3n) is 10.2. The topological polar surface area (TPSA) is 172 Å². The Morgan fingerprint density at radius 3 is 1.31 bits per heavy atom. The van der Waals surface area contributed by atoms with E-state index < -0.39 is 51.1 Å². The van der Waals surface area contributed by atoms with Crippen molar-refractivity contribution in [3.63, 3.8) is 0 Å². The first-order chi connectivity index (χ1) is 28.1. The number of unbranched alkanes of at least 4 members (excludes halogenated alkanes) is 26. The molecule has 0 aromatic carbocycles. The van der Waals surface area contributed by atoms with Gasteiger partial charge in [0, 0.05) is 12.8 Å². The number of aliphatic carboxylic acids is 1. The molecule has 11 nitrogen and oxygen atoms in total. The minimum atomic E-state index is -4.72. The maximum atomic E-state index is 12.6. The van der Waals surface area contributed by atoms with Crippen molar-refractivity contribution < 1.29 is 47.5 Å². The Balaban J connectivity index is 4.28. The summed E-state index contributed by atoms with van der Waals surface area (Å²) in [6.45, 7) is 2.79. The van der Waals surface area contributed by atoms with E-state index in [4.69, 9.17) is 24.8 Å². The Hall–Kier alpha value is -2.04. The van der Waals surface area contributed by atoms with Crippen LogP contribution in [0.3, 0.4) is 0 Å². The first-order valence-corrected chi connectivity index (χ1v) is 24.9. The number of esters is 2. The van der Waals surface area contributed by atoms with Gasteiger partial charge in [0.05, 0.1) is 13.2 Å². The first-order valence-electron chi connectivity index (χ1n) is 23.4. The van der Waals surface area contributed by atoms with E-state index in [9.17, 15) is 23.8 Å². The number of rotatable bonds is 44. The largest absolute Gasteiger partial charge is 0.480 e. The highest BCUT2D eigenvalue weighted by molar-refractivity contribution is 7.47. The number of phosphoric acid groups is 1. The molecule has 0 aliphatic rings. The Labute approximate surface area is 353 Å². The van der Waals surface area contributed by atoms with Crippen LogP contribution in [0, 0.1) is 0 Å². The number of hydrogen-bond donors (Lipinski definition) is 3. The van der Waals surface area contributed by atoms with E-state index in [1.54, 1.807) is 0 Å². The molecule has 0 aliphatic carbocycles. The predicted octanol–water partition coefficient (Wildman–Crippen LogP) is 12.6. The molecule has 1 unspecified atom stereocenters.